The number of ether oxygens (including phenoxy) is 1. The molecule has 0 bridgehead atoms. The lowest BCUT2D eigenvalue weighted by Crippen LogP contribution is -2.62. The van der Waals surface area contributed by atoms with E-state index in [0.717, 1.165) is 11.3 Å². The monoisotopic (exact) mass is 371 g/mol. The van der Waals surface area contributed by atoms with Crippen molar-refractivity contribution in [3.63, 3.8) is 0 Å². The number of nitrogens with one attached hydrogen (secondary N) is 1. The van der Waals surface area contributed by atoms with Gasteiger partial charge in [-0.15, -0.1) is 5.10 Å². The zero-order chi connectivity index (χ0) is 19.6. The van der Waals surface area contributed by atoms with Gasteiger partial charge < -0.3 is 4.74 Å². The SMILES string of the molecule is CCOc1ccc(/C=N/NC2=[N+](C)C3C(=O)N(CC)C(=O)N(C)C3=N2)cc1. The number of hydrazone groups is 1. The summed E-state index contributed by atoms with van der Waals surface area (Å²) in [5.41, 5.74) is 3.74. The first-order chi connectivity index (χ1) is 13.0. The molecule has 0 radical (unpaired) electrons. The van der Waals surface area contributed by atoms with Crippen molar-refractivity contribution < 1.29 is 18.9 Å². The second kappa shape index (κ2) is 7.56. The molecule has 0 spiro atoms. The van der Waals surface area contributed by atoms with E-state index in [2.05, 4.69) is 15.5 Å². The highest BCUT2D eigenvalue weighted by atomic mass is 16.5. The Morgan fingerprint density at radius 2 is 2.00 bits per heavy atom. The minimum absolute atomic E-state index is 0.283. The predicted octanol–water partition coefficient (Wildman–Crippen LogP) is 0.702. The van der Waals surface area contributed by atoms with Gasteiger partial charge in [-0.3, -0.25) is 14.6 Å². The highest BCUT2D eigenvalue weighted by Crippen LogP contribution is 2.18. The predicted molar refractivity (Wildman–Crippen MR) is 101 cm³/mol. The van der Waals surface area contributed by atoms with Gasteiger partial charge in [0, 0.05) is 13.6 Å². The summed E-state index contributed by atoms with van der Waals surface area (Å²) < 4.78 is 7.08. The molecule has 2 aliphatic heterocycles. The van der Waals surface area contributed by atoms with Crippen LogP contribution in [0.2, 0.25) is 0 Å². The van der Waals surface area contributed by atoms with E-state index in [1.54, 1.807) is 31.8 Å². The summed E-state index contributed by atoms with van der Waals surface area (Å²) in [6, 6.07) is 6.51. The van der Waals surface area contributed by atoms with Gasteiger partial charge >= 0.3 is 12.0 Å². The number of carbonyl (C=O) groups excluding carboxylic acids is 2. The topological polar surface area (TPSA) is 89.6 Å². The molecule has 0 aliphatic carbocycles. The molecule has 1 N–H and O–H groups in total. The van der Waals surface area contributed by atoms with E-state index in [1.165, 1.54) is 9.80 Å². The molecule has 1 aromatic rings. The number of amidine groups is 1. The fourth-order valence-corrected chi connectivity index (χ4v) is 2.98. The third-order valence-corrected chi connectivity index (χ3v) is 4.43. The van der Waals surface area contributed by atoms with Crippen molar-refractivity contribution in [2.45, 2.75) is 19.9 Å². The normalized spacial score (nSPS) is 19.7. The molecule has 142 valence electrons. The minimum Gasteiger partial charge on any atom is -0.494 e. The van der Waals surface area contributed by atoms with Gasteiger partial charge in [0.25, 0.3) is 5.91 Å². The molecule has 1 aromatic carbocycles. The van der Waals surface area contributed by atoms with E-state index < -0.39 is 6.04 Å². The maximum absolute atomic E-state index is 12.6. The fourth-order valence-electron chi connectivity index (χ4n) is 2.98. The molecular weight excluding hydrogens is 348 g/mol. The van der Waals surface area contributed by atoms with Crippen molar-refractivity contribution >= 4 is 29.9 Å². The Morgan fingerprint density at radius 1 is 1.30 bits per heavy atom. The second-order valence-electron chi connectivity index (χ2n) is 6.10. The van der Waals surface area contributed by atoms with Gasteiger partial charge in [-0.25, -0.2) is 9.37 Å². The molecule has 1 fully saturated rings. The van der Waals surface area contributed by atoms with E-state index >= 15 is 0 Å². The van der Waals surface area contributed by atoms with Crippen LogP contribution in [0.3, 0.4) is 0 Å². The molecule has 3 amide bonds. The summed E-state index contributed by atoms with van der Waals surface area (Å²) >= 11 is 0. The highest BCUT2D eigenvalue weighted by Gasteiger charge is 2.50. The van der Waals surface area contributed by atoms with E-state index in [1.807, 2.05) is 31.2 Å². The standard InChI is InChI=1S/C18H22N6O3/c1-5-24-16(25)14-15(23(4)18(24)26)20-17(22(14)3)21-19-11-12-7-9-13(10-8-12)27-6-2/h7-11,14H,5-6H2,1-4H3/p+1/b19-11+. The minimum atomic E-state index is -0.629. The number of rotatable bonds is 5. The van der Waals surface area contributed by atoms with Crippen LogP contribution in [0.1, 0.15) is 19.4 Å². The number of aliphatic imine (C=N–C) groups is 1. The largest absolute Gasteiger partial charge is 0.494 e. The summed E-state index contributed by atoms with van der Waals surface area (Å²) in [6.45, 7) is 4.64. The lowest BCUT2D eigenvalue weighted by atomic mass is 10.1. The molecular formula is C18H23N6O3+. The number of hydrogen-bond acceptors (Lipinski definition) is 6. The Bertz CT molecular complexity index is 843. The summed E-state index contributed by atoms with van der Waals surface area (Å²) in [5, 5.41) is 4.19. The van der Waals surface area contributed by atoms with E-state index in [9.17, 15) is 9.59 Å². The van der Waals surface area contributed by atoms with Crippen LogP contribution in [0.15, 0.2) is 34.4 Å². The number of carbonyl (C=O) groups is 2. The number of imide groups is 1. The molecule has 1 unspecified atom stereocenters. The Balaban J connectivity index is 1.74. The number of urea groups is 1. The molecule has 1 atom stereocenters. The van der Waals surface area contributed by atoms with Gasteiger partial charge in [0.2, 0.25) is 11.9 Å². The van der Waals surface area contributed by atoms with Gasteiger partial charge in [-0.1, -0.05) is 4.99 Å². The summed E-state index contributed by atoms with van der Waals surface area (Å²) in [5.74, 6) is 1.32. The lowest BCUT2D eigenvalue weighted by Gasteiger charge is -2.32. The van der Waals surface area contributed by atoms with E-state index in [4.69, 9.17) is 4.74 Å². The van der Waals surface area contributed by atoms with E-state index in [-0.39, 0.29) is 11.9 Å². The number of fused-ring (bicyclic) bond motifs is 1. The quantitative estimate of drug-likeness (QED) is 0.469. The lowest BCUT2D eigenvalue weighted by molar-refractivity contribution is -0.507. The molecule has 27 heavy (non-hydrogen) atoms. The zero-order valence-electron chi connectivity index (χ0n) is 15.8. The molecule has 2 heterocycles. The Morgan fingerprint density at radius 3 is 2.63 bits per heavy atom. The number of amides is 3. The van der Waals surface area contributed by atoms with Crippen molar-refractivity contribution in [1.82, 2.24) is 15.2 Å². The molecule has 2 aliphatic rings. The summed E-state index contributed by atoms with van der Waals surface area (Å²) in [7, 11) is 3.36. The van der Waals surface area contributed by atoms with Crippen molar-refractivity contribution in [3.8, 4) is 5.75 Å². The Labute approximate surface area is 157 Å². The van der Waals surface area contributed by atoms with Crippen molar-refractivity contribution in [2.24, 2.45) is 10.1 Å². The molecule has 0 aromatic heterocycles. The van der Waals surface area contributed by atoms with Crippen LogP contribution in [0.4, 0.5) is 4.79 Å². The number of guanidine groups is 1. The van der Waals surface area contributed by atoms with Gasteiger partial charge in [-0.2, -0.15) is 5.43 Å². The van der Waals surface area contributed by atoms with Crippen molar-refractivity contribution in [3.05, 3.63) is 29.8 Å². The van der Waals surface area contributed by atoms with Gasteiger partial charge in [0.15, 0.2) is 0 Å². The first kappa shape index (κ1) is 18.6. The average Bonchev–Trinajstić information content (AvgIpc) is 2.99. The average molecular weight is 371 g/mol. The maximum atomic E-state index is 12.6. The van der Waals surface area contributed by atoms with Crippen molar-refractivity contribution in [1.29, 1.82) is 0 Å². The molecule has 1 saturated heterocycles. The van der Waals surface area contributed by atoms with Crippen LogP contribution in [-0.2, 0) is 4.79 Å². The molecule has 3 rings (SSSR count). The van der Waals surface area contributed by atoms with Gasteiger partial charge in [0.05, 0.1) is 19.9 Å². The third-order valence-electron chi connectivity index (χ3n) is 4.43. The Kier molecular flexibility index (Phi) is 5.20. The van der Waals surface area contributed by atoms with Crippen LogP contribution in [0.25, 0.3) is 0 Å². The molecule has 9 nitrogen and oxygen atoms in total. The summed E-state index contributed by atoms with van der Waals surface area (Å²) in [6.07, 6.45) is 1.65. The number of hydrogen-bond donors (Lipinski definition) is 1. The van der Waals surface area contributed by atoms with Gasteiger partial charge in [0.1, 0.15) is 5.75 Å². The second-order valence-corrected chi connectivity index (χ2v) is 6.10. The fraction of sp³-hybridized carbons (Fsp3) is 0.389. The van der Waals surface area contributed by atoms with Crippen LogP contribution in [0.5, 0.6) is 5.75 Å². The van der Waals surface area contributed by atoms with E-state index in [0.29, 0.717) is 24.9 Å². The maximum Gasteiger partial charge on any atom is 0.413 e. The first-order valence-corrected chi connectivity index (χ1v) is 8.77. The molecule has 0 saturated carbocycles. The number of nitrogens with zero attached hydrogens (tertiary/aromatic N) is 5. The molecule has 9 heteroatoms. The Hall–Kier alpha value is -3.23. The number of benzene rings is 1. The summed E-state index contributed by atoms with van der Waals surface area (Å²) in [4.78, 5) is 31.9. The third kappa shape index (κ3) is 3.40. The van der Waals surface area contributed by atoms with Crippen LogP contribution in [0, 0.1) is 0 Å². The van der Waals surface area contributed by atoms with Gasteiger partial charge in [-0.05, 0) is 43.7 Å². The van der Waals surface area contributed by atoms with Crippen LogP contribution < -0.4 is 10.2 Å². The van der Waals surface area contributed by atoms with Crippen LogP contribution in [-0.4, -0.2) is 77.6 Å². The zero-order valence-corrected chi connectivity index (χ0v) is 15.8. The highest BCUT2D eigenvalue weighted by molar-refractivity contribution is 6.22. The van der Waals surface area contributed by atoms with Crippen LogP contribution >= 0.6 is 0 Å². The van der Waals surface area contributed by atoms with Crippen molar-refractivity contribution in [2.75, 3.05) is 27.2 Å². The number of likely N-dealkylation sites (N-methyl/N-ethyl adjacent to an activating group) is 3. The first-order valence-electron chi connectivity index (χ1n) is 8.77. The smallest absolute Gasteiger partial charge is 0.413 e.